The quantitative estimate of drug-likeness (QED) is 0.869. The Hall–Kier alpha value is -1.46. The van der Waals surface area contributed by atoms with Gasteiger partial charge < -0.3 is 19.9 Å². The van der Waals surface area contributed by atoms with Gasteiger partial charge in [-0.05, 0) is 12.5 Å². The standard InChI is InChI=1S/C14H22N2O3/c1-17-12-7-14(19-3)13(18-2)6-10(12)8-16-5-4-11(15)9-16/h6-7,11H,4-5,8-9,15H2,1-3H3. The molecule has 1 aliphatic rings. The minimum absolute atomic E-state index is 0.283. The van der Waals surface area contributed by atoms with Gasteiger partial charge in [-0.3, -0.25) is 4.90 Å². The molecule has 0 spiro atoms. The first kappa shape index (κ1) is 14.0. The van der Waals surface area contributed by atoms with E-state index in [9.17, 15) is 0 Å². The van der Waals surface area contributed by atoms with E-state index in [-0.39, 0.29) is 6.04 Å². The number of benzene rings is 1. The normalized spacial score (nSPS) is 19.5. The van der Waals surface area contributed by atoms with Crippen molar-refractivity contribution >= 4 is 0 Å². The van der Waals surface area contributed by atoms with E-state index in [1.807, 2.05) is 12.1 Å². The van der Waals surface area contributed by atoms with Gasteiger partial charge in [-0.25, -0.2) is 0 Å². The molecule has 1 fully saturated rings. The lowest BCUT2D eigenvalue weighted by molar-refractivity contribution is 0.311. The fraction of sp³-hybridized carbons (Fsp3) is 0.571. The Balaban J connectivity index is 2.22. The van der Waals surface area contributed by atoms with Crippen molar-refractivity contribution in [2.75, 3.05) is 34.4 Å². The van der Waals surface area contributed by atoms with Crippen molar-refractivity contribution in [3.05, 3.63) is 17.7 Å². The summed E-state index contributed by atoms with van der Waals surface area (Å²) in [6.45, 7) is 2.77. The summed E-state index contributed by atoms with van der Waals surface area (Å²) in [7, 11) is 4.93. The third-order valence-electron chi connectivity index (χ3n) is 3.49. The van der Waals surface area contributed by atoms with Gasteiger partial charge in [0.15, 0.2) is 11.5 Å². The van der Waals surface area contributed by atoms with Gasteiger partial charge in [-0.1, -0.05) is 0 Å². The average Bonchev–Trinajstić information content (AvgIpc) is 2.83. The lowest BCUT2D eigenvalue weighted by Crippen LogP contribution is -2.26. The van der Waals surface area contributed by atoms with Gasteiger partial charge in [0.1, 0.15) is 5.75 Å². The van der Waals surface area contributed by atoms with Crippen molar-refractivity contribution in [1.82, 2.24) is 4.90 Å². The highest BCUT2D eigenvalue weighted by Crippen LogP contribution is 2.35. The number of rotatable bonds is 5. The van der Waals surface area contributed by atoms with Gasteiger partial charge in [-0.15, -0.1) is 0 Å². The maximum Gasteiger partial charge on any atom is 0.164 e. The zero-order valence-electron chi connectivity index (χ0n) is 11.8. The lowest BCUT2D eigenvalue weighted by atomic mass is 10.1. The van der Waals surface area contributed by atoms with Gasteiger partial charge >= 0.3 is 0 Å². The predicted octanol–water partition coefficient (Wildman–Crippen LogP) is 1.25. The largest absolute Gasteiger partial charge is 0.496 e. The number of hydrogen-bond donors (Lipinski definition) is 1. The highest BCUT2D eigenvalue weighted by atomic mass is 16.5. The lowest BCUT2D eigenvalue weighted by Gasteiger charge is -2.19. The van der Waals surface area contributed by atoms with E-state index in [0.29, 0.717) is 5.75 Å². The smallest absolute Gasteiger partial charge is 0.164 e. The second-order valence-corrected chi connectivity index (χ2v) is 4.80. The molecule has 0 aromatic heterocycles. The minimum atomic E-state index is 0.283. The molecule has 1 atom stereocenters. The summed E-state index contributed by atoms with van der Waals surface area (Å²) in [6.07, 6.45) is 1.05. The van der Waals surface area contributed by atoms with Crippen molar-refractivity contribution in [3.8, 4) is 17.2 Å². The molecule has 5 nitrogen and oxygen atoms in total. The van der Waals surface area contributed by atoms with Gasteiger partial charge in [0.05, 0.1) is 21.3 Å². The number of nitrogens with two attached hydrogens (primary N) is 1. The summed E-state index contributed by atoms with van der Waals surface area (Å²) >= 11 is 0. The van der Waals surface area contributed by atoms with Crippen molar-refractivity contribution in [3.63, 3.8) is 0 Å². The number of likely N-dealkylation sites (tertiary alicyclic amines) is 1. The summed E-state index contributed by atoms with van der Waals surface area (Å²) in [4.78, 5) is 2.33. The molecule has 1 saturated heterocycles. The average molecular weight is 266 g/mol. The topological polar surface area (TPSA) is 57.0 Å². The van der Waals surface area contributed by atoms with E-state index in [1.54, 1.807) is 21.3 Å². The molecule has 1 unspecified atom stereocenters. The SMILES string of the molecule is COc1cc(OC)c(OC)cc1CN1CCC(N)C1. The maximum atomic E-state index is 5.93. The molecule has 0 amide bonds. The first-order valence-electron chi connectivity index (χ1n) is 6.44. The zero-order chi connectivity index (χ0) is 13.8. The molecule has 0 bridgehead atoms. The molecule has 1 aromatic rings. The first-order valence-corrected chi connectivity index (χ1v) is 6.44. The second kappa shape index (κ2) is 6.12. The van der Waals surface area contributed by atoms with E-state index < -0.39 is 0 Å². The minimum Gasteiger partial charge on any atom is -0.496 e. The summed E-state index contributed by atoms with van der Waals surface area (Å²) in [5.41, 5.74) is 7.03. The predicted molar refractivity (Wildman–Crippen MR) is 74.0 cm³/mol. The van der Waals surface area contributed by atoms with Crippen LogP contribution in [0.2, 0.25) is 0 Å². The molecule has 1 aliphatic heterocycles. The van der Waals surface area contributed by atoms with Crippen molar-refractivity contribution in [2.24, 2.45) is 5.73 Å². The van der Waals surface area contributed by atoms with Gasteiger partial charge in [-0.2, -0.15) is 0 Å². The zero-order valence-corrected chi connectivity index (χ0v) is 11.8. The number of hydrogen-bond acceptors (Lipinski definition) is 5. The van der Waals surface area contributed by atoms with E-state index in [2.05, 4.69) is 4.90 Å². The molecule has 0 radical (unpaired) electrons. The maximum absolute atomic E-state index is 5.93. The molecular weight excluding hydrogens is 244 g/mol. The molecule has 1 aromatic carbocycles. The van der Waals surface area contributed by atoms with E-state index in [0.717, 1.165) is 43.1 Å². The van der Waals surface area contributed by atoms with Crippen molar-refractivity contribution < 1.29 is 14.2 Å². The second-order valence-electron chi connectivity index (χ2n) is 4.80. The van der Waals surface area contributed by atoms with Gasteiger partial charge in [0, 0.05) is 37.3 Å². The number of nitrogens with zero attached hydrogens (tertiary/aromatic N) is 1. The monoisotopic (exact) mass is 266 g/mol. The first-order chi connectivity index (χ1) is 9.17. The molecule has 1 heterocycles. The third-order valence-corrected chi connectivity index (χ3v) is 3.49. The summed E-state index contributed by atoms with van der Waals surface area (Å²) in [5, 5.41) is 0. The Kier molecular flexibility index (Phi) is 4.50. The van der Waals surface area contributed by atoms with E-state index >= 15 is 0 Å². The van der Waals surface area contributed by atoms with Crippen LogP contribution >= 0.6 is 0 Å². The Morgan fingerprint density at radius 2 is 1.74 bits per heavy atom. The van der Waals surface area contributed by atoms with Crippen LogP contribution in [0.15, 0.2) is 12.1 Å². The van der Waals surface area contributed by atoms with Crippen LogP contribution in [0.4, 0.5) is 0 Å². The third kappa shape index (κ3) is 3.11. The molecular formula is C14H22N2O3. The molecule has 0 saturated carbocycles. The summed E-state index contributed by atoms with van der Waals surface area (Å²) in [6, 6.07) is 4.12. The van der Waals surface area contributed by atoms with Crippen LogP contribution in [0.1, 0.15) is 12.0 Å². The van der Waals surface area contributed by atoms with Crippen LogP contribution in [0.3, 0.4) is 0 Å². The van der Waals surface area contributed by atoms with E-state index in [1.165, 1.54) is 0 Å². The summed E-state index contributed by atoms with van der Waals surface area (Å²) in [5.74, 6) is 2.22. The number of ether oxygens (including phenoxy) is 3. The van der Waals surface area contributed by atoms with Gasteiger partial charge in [0.25, 0.3) is 0 Å². The molecule has 2 N–H and O–H groups in total. The number of methoxy groups -OCH3 is 3. The van der Waals surface area contributed by atoms with Crippen LogP contribution in [-0.4, -0.2) is 45.4 Å². The Morgan fingerprint density at radius 1 is 1.11 bits per heavy atom. The molecule has 19 heavy (non-hydrogen) atoms. The summed E-state index contributed by atoms with van der Waals surface area (Å²) < 4.78 is 16.1. The van der Waals surface area contributed by atoms with Crippen molar-refractivity contribution in [1.29, 1.82) is 0 Å². The highest BCUT2D eigenvalue weighted by molar-refractivity contribution is 5.50. The molecule has 5 heteroatoms. The van der Waals surface area contributed by atoms with E-state index in [4.69, 9.17) is 19.9 Å². The van der Waals surface area contributed by atoms with Crippen LogP contribution in [0.25, 0.3) is 0 Å². The van der Waals surface area contributed by atoms with Crippen molar-refractivity contribution in [2.45, 2.75) is 19.0 Å². The Labute approximate surface area is 114 Å². The fourth-order valence-electron chi connectivity index (χ4n) is 2.46. The highest BCUT2D eigenvalue weighted by Gasteiger charge is 2.21. The van der Waals surface area contributed by atoms with Crippen LogP contribution in [0.5, 0.6) is 17.2 Å². The molecule has 2 rings (SSSR count). The Morgan fingerprint density at radius 3 is 2.26 bits per heavy atom. The molecule has 106 valence electrons. The van der Waals surface area contributed by atoms with Gasteiger partial charge in [0.2, 0.25) is 0 Å². The Bertz CT molecular complexity index is 437. The van der Waals surface area contributed by atoms with Crippen LogP contribution in [-0.2, 0) is 6.54 Å². The fourth-order valence-corrected chi connectivity index (χ4v) is 2.46. The van der Waals surface area contributed by atoms with Crippen LogP contribution < -0.4 is 19.9 Å². The van der Waals surface area contributed by atoms with Crippen LogP contribution in [0, 0.1) is 0 Å². The molecule has 0 aliphatic carbocycles.